The van der Waals surface area contributed by atoms with Gasteiger partial charge in [0.15, 0.2) is 5.78 Å². The number of hydrogen-bond donors (Lipinski definition) is 0. The summed E-state index contributed by atoms with van der Waals surface area (Å²) in [6, 6.07) is 13.5. The monoisotopic (exact) mass is 353 g/mol. The number of hydrogen-bond acceptors (Lipinski definition) is 5. The molecule has 6 heteroatoms. The average molecular weight is 353 g/mol. The minimum Gasteiger partial charge on any atom is -0.497 e. The highest BCUT2D eigenvalue weighted by atomic mass is 16.5. The first-order valence-electron chi connectivity index (χ1n) is 8.25. The van der Waals surface area contributed by atoms with Gasteiger partial charge < -0.3 is 14.4 Å². The Hall–Kier alpha value is -3.15. The second kappa shape index (κ2) is 7.39. The Balaban J connectivity index is 1.65. The quantitative estimate of drug-likeness (QED) is 0.469. The molecule has 0 spiro atoms. The minimum absolute atomic E-state index is 0.0561. The van der Waals surface area contributed by atoms with E-state index in [4.69, 9.17) is 9.47 Å². The number of anilines is 1. The Bertz CT molecular complexity index is 826. The summed E-state index contributed by atoms with van der Waals surface area (Å²) >= 11 is 0. The summed E-state index contributed by atoms with van der Waals surface area (Å²) in [5.74, 6) is -0.105. The fourth-order valence-electron chi connectivity index (χ4n) is 2.83. The third-order valence-electron chi connectivity index (χ3n) is 4.32. The van der Waals surface area contributed by atoms with Gasteiger partial charge in [-0.15, -0.1) is 0 Å². The zero-order valence-corrected chi connectivity index (χ0v) is 14.6. The smallest absolute Gasteiger partial charge is 0.316 e. The van der Waals surface area contributed by atoms with E-state index in [9.17, 15) is 14.4 Å². The number of Topliss-reactive ketones (excluding diaryl/α,β-unsaturated/α-hetero) is 1. The molecule has 1 amide bonds. The van der Waals surface area contributed by atoms with E-state index in [2.05, 4.69) is 0 Å². The summed E-state index contributed by atoms with van der Waals surface area (Å²) in [4.78, 5) is 37.5. The SMILES string of the molecule is COc1ccc(N2C[C@H](C(=O)Oc3ccc(C(C)=O)cc3)CC2=O)cc1. The largest absolute Gasteiger partial charge is 0.497 e. The number of benzene rings is 2. The number of carbonyl (C=O) groups is 3. The molecule has 1 fully saturated rings. The Kier molecular flexibility index (Phi) is 5.02. The van der Waals surface area contributed by atoms with Crippen molar-refractivity contribution in [1.82, 2.24) is 0 Å². The fourth-order valence-corrected chi connectivity index (χ4v) is 2.83. The minimum atomic E-state index is -0.530. The maximum absolute atomic E-state index is 12.4. The number of ketones is 1. The molecule has 2 aromatic carbocycles. The standard InChI is InChI=1S/C20H19NO5/c1-13(22)14-3-7-18(8-4-14)26-20(24)15-11-19(23)21(12-15)16-5-9-17(25-2)10-6-16/h3-10,15H,11-12H2,1-2H3/t15-/m1/s1. The summed E-state index contributed by atoms with van der Waals surface area (Å²) in [7, 11) is 1.57. The van der Waals surface area contributed by atoms with Gasteiger partial charge in [0.05, 0.1) is 13.0 Å². The number of ether oxygens (including phenoxy) is 2. The van der Waals surface area contributed by atoms with Gasteiger partial charge in [-0.25, -0.2) is 0 Å². The van der Waals surface area contributed by atoms with Crippen LogP contribution in [-0.2, 0) is 9.59 Å². The molecule has 1 saturated heterocycles. The number of methoxy groups -OCH3 is 1. The molecule has 134 valence electrons. The molecule has 0 N–H and O–H groups in total. The maximum atomic E-state index is 12.4. The second-order valence-electron chi connectivity index (χ2n) is 6.11. The van der Waals surface area contributed by atoms with E-state index in [0.29, 0.717) is 17.1 Å². The van der Waals surface area contributed by atoms with Crippen molar-refractivity contribution in [2.24, 2.45) is 5.92 Å². The third-order valence-corrected chi connectivity index (χ3v) is 4.32. The van der Waals surface area contributed by atoms with Crippen molar-refractivity contribution in [3.63, 3.8) is 0 Å². The number of rotatable bonds is 5. The van der Waals surface area contributed by atoms with Gasteiger partial charge in [-0.3, -0.25) is 14.4 Å². The van der Waals surface area contributed by atoms with Crippen LogP contribution in [0.5, 0.6) is 11.5 Å². The van der Waals surface area contributed by atoms with Gasteiger partial charge in [-0.1, -0.05) is 0 Å². The third kappa shape index (κ3) is 3.74. The van der Waals surface area contributed by atoms with E-state index >= 15 is 0 Å². The number of carbonyl (C=O) groups excluding carboxylic acids is 3. The molecule has 0 unspecified atom stereocenters. The molecule has 6 nitrogen and oxygen atoms in total. The Morgan fingerprint density at radius 1 is 1.00 bits per heavy atom. The molecular weight excluding hydrogens is 334 g/mol. The van der Waals surface area contributed by atoms with E-state index in [1.807, 2.05) is 0 Å². The Morgan fingerprint density at radius 2 is 1.62 bits per heavy atom. The normalized spacial score (nSPS) is 16.5. The van der Waals surface area contributed by atoms with Crippen LogP contribution in [0.4, 0.5) is 5.69 Å². The van der Waals surface area contributed by atoms with Crippen LogP contribution in [0.3, 0.4) is 0 Å². The lowest BCUT2D eigenvalue weighted by molar-refractivity contribution is -0.139. The van der Waals surface area contributed by atoms with Crippen LogP contribution in [0.2, 0.25) is 0 Å². The first kappa shape index (κ1) is 17.7. The van der Waals surface area contributed by atoms with Crippen LogP contribution in [0.15, 0.2) is 48.5 Å². The van der Waals surface area contributed by atoms with Crippen molar-refractivity contribution >= 4 is 23.3 Å². The first-order chi connectivity index (χ1) is 12.5. The zero-order valence-electron chi connectivity index (χ0n) is 14.6. The van der Waals surface area contributed by atoms with Gasteiger partial charge in [-0.05, 0) is 55.5 Å². The van der Waals surface area contributed by atoms with Crippen LogP contribution in [-0.4, -0.2) is 31.3 Å². The Labute approximate surface area is 151 Å². The highest BCUT2D eigenvalue weighted by molar-refractivity contribution is 5.99. The van der Waals surface area contributed by atoms with Crippen molar-refractivity contribution in [3.8, 4) is 11.5 Å². The molecule has 0 aromatic heterocycles. The summed E-state index contributed by atoms with van der Waals surface area (Å²) < 4.78 is 10.5. The summed E-state index contributed by atoms with van der Waals surface area (Å²) in [6.07, 6.45) is 0.108. The lowest BCUT2D eigenvalue weighted by atomic mass is 10.1. The predicted molar refractivity (Wildman–Crippen MR) is 95.5 cm³/mol. The highest BCUT2D eigenvalue weighted by Gasteiger charge is 2.36. The number of amides is 1. The highest BCUT2D eigenvalue weighted by Crippen LogP contribution is 2.28. The van der Waals surface area contributed by atoms with Gasteiger partial charge in [0.25, 0.3) is 0 Å². The first-order valence-corrected chi connectivity index (χ1v) is 8.25. The lowest BCUT2D eigenvalue weighted by Gasteiger charge is -2.16. The zero-order chi connectivity index (χ0) is 18.7. The molecule has 0 aliphatic carbocycles. The fraction of sp³-hybridized carbons (Fsp3) is 0.250. The van der Waals surface area contributed by atoms with E-state index in [-0.39, 0.29) is 24.7 Å². The van der Waals surface area contributed by atoms with Crippen LogP contribution in [0.1, 0.15) is 23.7 Å². The Morgan fingerprint density at radius 3 is 2.19 bits per heavy atom. The topological polar surface area (TPSA) is 72.9 Å². The van der Waals surface area contributed by atoms with E-state index < -0.39 is 11.9 Å². The molecular formula is C20H19NO5. The molecule has 0 saturated carbocycles. The molecule has 0 bridgehead atoms. The van der Waals surface area contributed by atoms with Crippen molar-refractivity contribution < 1.29 is 23.9 Å². The van der Waals surface area contributed by atoms with Gasteiger partial charge in [0.1, 0.15) is 11.5 Å². The number of nitrogens with zero attached hydrogens (tertiary/aromatic N) is 1. The molecule has 0 radical (unpaired) electrons. The van der Waals surface area contributed by atoms with Crippen molar-refractivity contribution in [2.45, 2.75) is 13.3 Å². The molecule has 1 aliphatic rings. The summed E-state index contributed by atoms with van der Waals surface area (Å²) in [5.41, 5.74) is 1.27. The molecule has 26 heavy (non-hydrogen) atoms. The predicted octanol–water partition coefficient (Wildman–Crippen LogP) is 2.86. The number of esters is 1. The van der Waals surface area contributed by atoms with Crippen molar-refractivity contribution in [1.29, 1.82) is 0 Å². The van der Waals surface area contributed by atoms with Gasteiger partial charge >= 0.3 is 5.97 Å². The molecule has 3 rings (SSSR count). The summed E-state index contributed by atoms with van der Waals surface area (Å²) in [5, 5.41) is 0. The van der Waals surface area contributed by atoms with Crippen molar-refractivity contribution in [3.05, 3.63) is 54.1 Å². The molecule has 1 heterocycles. The van der Waals surface area contributed by atoms with Gasteiger partial charge in [-0.2, -0.15) is 0 Å². The van der Waals surface area contributed by atoms with Crippen LogP contribution < -0.4 is 14.4 Å². The van der Waals surface area contributed by atoms with Crippen LogP contribution in [0.25, 0.3) is 0 Å². The van der Waals surface area contributed by atoms with E-state index in [1.54, 1.807) is 60.5 Å². The van der Waals surface area contributed by atoms with Crippen molar-refractivity contribution in [2.75, 3.05) is 18.6 Å². The molecule has 1 atom stereocenters. The van der Waals surface area contributed by atoms with E-state index in [0.717, 1.165) is 5.69 Å². The van der Waals surface area contributed by atoms with Crippen LogP contribution in [0, 0.1) is 5.92 Å². The second-order valence-corrected chi connectivity index (χ2v) is 6.11. The van der Waals surface area contributed by atoms with Crippen LogP contribution >= 0.6 is 0 Å². The average Bonchev–Trinajstić information content (AvgIpc) is 3.04. The lowest BCUT2D eigenvalue weighted by Crippen LogP contribution is -2.27. The molecule has 2 aromatic rings. The van der Waals surface area contributed by atoms with Gasteiger partial charge in [0, 0.05) is 24.2 Å². The van der Waals surface area contributed by atoms with Gasteiger partial charge in [0.2, 0.25) is 5.91 Å². The summed E-state index contributed by atoms with van der Waals surface area (Å²) in [6.45, 7) is 1.74. The van der Waals surface area contributed by atoms with E-state index in [1.165, 1.54) is 6.92 Å². The maximum Gasteiger partial charge on any atom is 0.316 e. The molecule has 1 aliphatic heterocycles.